The molecule has 4 aromatic rings. The van der Waals surface area contributed by atoms with Crippen molar-refractivity contribution in [2.24, 2.45) is 5.92 Å². The number of rotatable bonds is 5. The Morgan fingerprint density at radius 2 is 1.82 bits per heavy atom. The third kappa shape index (κ3) is 4.55. The van der Waals surface area contributed by atoms with Crippen molar-refractivity contribution < 1.29 is 26.3 Å². The van der Waals surface area contributed by atoms with E-state index in [1.54, 1.807) is 0 Å². The van der Waals surface area contributed by atoms with Gasteiger partial charge in [-0.05, 0) is 31.2 Å². The van der Waals surface area contributed by atoms with Crippen LogP contribution in [-0.2, 0) is 0 Å². The van der Waals surface area contributed by atoms with Crippen molar-refractivity contribution in [2.75, 3.05) is 18.1 Å². The average molecular weight is 463 g/mol. The van der Waals surface area contributed by atoms with E-state index in [9.17, 15) is 26.3 Å². The fourth-order valence-corrected chi connectivity index (χ4v) is 3.30. The highest BCUT2D eigenvalue weighted by Crippen LogP contribution is 2.34. The smallest absolute Gasteiger partial charge is 0.257 e. The van der Waals surface area contributed by atoms with Crippen LogP contribution >= 0.6 is 0 Å². The maximum absolute atomic E-state index is 14.7. The molecule has 1 unspecified atom stereocenters. The Labute approximate surface area is 183 Å². The first kappa shape index (κ1) is 22.4. The molecule has 4 rings (SSSR count). The minimum Gasteiger partial charge on any atom is -0.320 e. The monoisotopic (exact) mass is 463 g/mol. The molecular formula is C22H15F6N5. The number of alkyl halides is 3. The van der Waals surface area contributed by atoms with Crippen LogP contribution in [0.5, 0.6) is 0 Å². The Hall–Kier alpha value is -3.81. The molecule has 0 spiro atoms. The Morgan fingerprint density at radius 1 is 1.06 bits per heavy atom. The van der Waals surface area contributed by atoms with Gasteiger partial charge in [0.2, 0.25) is 0 Å². The van der Waals surface area contributed by atoms with Gasteiger partial charge < -0.3 is 4.90 Å². The predicted molar refractivity (Wildman–Crippen MR) is 110 cm³/mol. The van der Waals surface area contributed by atoms with Gasteiger partial charge in [-0.1, -0.05) is 11.8 Å². The van der Waals surface area contributed by atoms with Gasteiger partial charge in [-0.15, -0.1) is 10.2 Å². The largest absolute Gasteiger partial charge is 0.320 e. The van der Waals surface area contributed by atoms with Crippen LogP contribution in [0.3, 0.4) is 0 Å². The van der Waals surface area contributed by atoms with Gasteiger partial charge >= 0.3 is 0 Å². The van der Waals surface area contributed by atoms with Crippen LogP contribution in [0.15, 0.2) is 36.7 Å². The summed E-state index contributed by atoms with van der Waals surface area (Å²) in [6.45, 7) is -0.150. The highest BCUT2D eigenvalue weighted by Gasteiger charge is 2.23. The van der Waals surface area contributed by atoms with Crippen molar-refractivity contribution in [2.45, 2.75) is 13.3 Å². The highest BCUT2D eigenvalue weighted by molar-refractivity contribution is 5.94. The van der Waals surface area contributed by atoms with E-state index in [2.05, 4.69) is 27.0 Å². The molecule has 5 nitrogen and oxygen atoms in total. The zero-order valence-electron chi connectivity index (χ0n) is 17.0. The van der Waals surface area contributed by atoms with Crippen molar-refractivity contribution in [3.05, 3.63) is 59.7 Å². The van der Waals surface area contributed by atoms with Gasteiger partial charge in [-0.3, -0.25) is 4.40 Å². The molecule has 11 heteroatoms. The molecule has 0 aliphatic heterocycles. The molecule has 0 radical (unpaired) electrons. The fourth-order valence-electron chi connectivity index (χ4n) is 3.30. The minimum absolute atomic E-state index is 0.0881. The average Bonchev–Trinajstić information content (AvgIpc) is 3.22. The van der Waals surface area contributed by atoms with Crippen molar-refractivity contribution in [3.63, 3.8) is 0 Å². The number of aromatic nitrogens is 4. The molecule has 0 N–H and O–H groups in total. The summed E-state index contributed by atoms with van der Waals surface area (Å²) in [6.07, 6.45) is -1.77. The van der Waals surface area contributed by atoms with Crippen LogP contribution in [0.4, 0.5) is 37.8 Å². The van der Waals surface area contributed by atoms with E-state index in [4.69, 9.17) is 0 Å². The molecule has 0 aliphatic carbocycles. The Bertz CT molecular complexity index is 1390. The van der Waals surface area contributed by atoms with E-state index in [0.29, 0.717) is 6.07 Å². The van der Waals surface area contributed by atoms with Gasteiger partial charge in [-0.2, -0.15) is 4.98 Å². The number of anilines is 2. The topological polar surface area (TPSA) is 46.3 Å². The molecule has 2 heterocycles. The fraction of sp³-hybridized carbons (Fsp3) is 0.227. The summed E-state index contributed by atoms with van der Waals surface area (Å²) in [4.78, 5) is 5.09. The predicted octanol–water partition coefficient (Wildman–Crippen LogP) is 5.06. The number of hydrogen-bond acceptors (Lipinski definition) is 4. The SMILES string of the molecule is CC(C#Cc1cc(F)cc(N(CC(F)F)c2nc3nncn3c3c(F)cc(F)cc23)c1)CF. The van der Waals surface area contributed by atoms with E-state index in [-0.39, 0.29) is 33.7 Å². The first-order valence-electron chi connectivity index (χ1n) is 9.69. The van der Waals surface area contributed by atoms with E-state index in [1.807, 2.05) is 0 Å². The lowest BCUT2D eigenvalue weighted by atomic mass is 10.1. The lowest BCUT2D eigenvalue weighted by Crippen LogP contribution is -2.25. The van der Waals surface area contributed by atoms with Gasteiger partial charge in [0, 0.05) is 28.6 Å². The molecule has 1 atom stereocenters. The van der Waals surface area contributed by atoms with Crippen molar-refractivity contribution in [1.82, 2.24) is 19.6 Å². The molecule has 33 heavy (non-hydrogen) atoms. The first-order valence-corrected chi connectivity index (χ1v) is 9.69. The molecule has 2 aromatic heterocycles. The second kappa shape index (κ2) is 8.97. The normalized spacial score (nSPS) is 12.2. The number of benzene rings is 2. The summed E-state index contributed by atoms with van der Waals surface area (Å²) in [6, 6.07) is 4.89. The number of fused-ring (bicyclic) bond motifs is 3. The number of halogens is 6. The molecule has 2 aromatic carbocycles. The van der Waals surface area contributed by atoms with E-state index >= 15 is 0 Å². The maximum Gasteiger partial charge on any atom is 0.257 e. The molecular weight excluding hydrogens is 448 g/mol. The zero-order valence-corrected chi connectivity index (χ0v) is 17.0. The van der Waals surface area contributed by atoms with Crippen molar-refractivity contribution >= 4 is 28.2 Å². The van der Waals surface area contributed by atoms with Crippen LogP contribution in [0, 0.1) is 35.2 Å². The Morgan fingerprint density at radius 3 is 2.55 bits per heavy atom. The Kier molecular flexibility index (Phi) is 6.09. The zero-order chi connectivity index (χ0) is 23.7. The van der Waals surface area contributed by atoms with E-state index < -0.39 is 43.0 Å². The molecule has 0 bridgehead atoms. The van der Waals surface area contributed by atoms with Crippen LogP contribution in [0.2, 0.25) is 0 Å². The van der Waals surface area contributed by atoms with Gasteiger partial charge in [0.15, 0.2) is 5.82 Å². The van der Waals surface area contributed by atoms with Crippen LogP contribution in [0.1, 0.15) is 12.5 Å². The second-order valence-corrected chi connectivity index (χ2v) is 7.24. The minimum atomic E-state index is -2.92. The van der Waals surface area contributed by atoms with Gasteiger partial charge in [0.25, 0.3) is 12.2 Å². The summed E-state index contributed by atoms with van der Waals surface area (Å²) in [7, 11) is 0. The van der Waals surface area contributed by atoms with Crippen LogP contribution in [-0.4, -0.2) is 39.2 Å². The lowest BCUT2D eigenvalue weighted by Gasteiger charge is -2.25. The summed E-state index contributed by atoms with van der Waals surface area (Å²) in [5.41, 5.74) is -0.168. The summed E-state index contributed by atoms with van der Waals surface area (Å²) < 4.78 is 84.1. The Balaban J connectivity index is 1.97. The molecule has 0 saturated carbocycles. The van der Waals surface area contributed by atoms with Gasteiger partial charge in [0.1, 0.15) is 30.5 Å². The third-order valence-electron chi connectivity index (χ3n) is 4.71. The molecule has 170 valence electrons. The quantitative estimate of drug-likeness (QED) is 0.307. The summed E-state index contributed by atoms with van der Waals surface area (Å²) >= 11 is 0. The van der Waals surface area contributed by atoms with E-state index in [1.165, 1.54) is 13.0 Å². The van der Waals surface area contributed by atoms with Crippen molar-refractivity contribution in [3.8, 4) is 11.8 Å². The molecule has 0 fully saturated rings. The van der Waals surface area contributed by atoms with Gasteiger partial charge in [-0.25, -0.2) is 26.3 Å². The van der Waals surface area contributed by atoms with Crippen LogP contribution in [0.25, 0.3) is 16.7 Å². The highest BCUT2D eigenvalue weighted by atomic mass is 19.3. The van der Waals surface area contributed by atoms with Crippen LogP contribution < -0.4 is 4.90 Å². The summed E-state index contributed by atoms with van der Waals surface area (Å²) in [5.74, 6) is 1.45. The number of hydrogen-bond donors (Lipinski definition) is 0. The summed E-state index contributed by atoms with van der Waals surface area (Å²) in [5, 5.41) is 7.23. The second-order valence-electron chi connectivity index (χ2n) is 7.24. The van der Waals surface area contributed by atoms with Crippen molar-refractivity contribution in [1.29, 1.82) is 0 Å². The maximum atomic E-state index is 14.7. The van der Waals surface area contributed by atoms with E-state index in [0.717, 1.165) is 33.8 Å². The first-order chi connectivity index (χ1) is 15.8. The number of nitrogens with zero attached hydrogens (tertiary/aromatic N) is 5. The third-order valence-corrected chi connectivity index (χ3v) is 4.71. The standard InChI is InChI=1S/C22H15F6N5/c1-12(9-23)2-3-13-4-14(24)6-16(5-13)32(10-19(27)28)21-17-7-15(25)8-18(26)20(17)33-11-29-31-22(33)30-21/h4-8,11-12,19H,9-10H2,1H3. The molecule has 0 amide bonds. The molecule has 0 aliphatic rings. The molecule has 0 saturated heterocycles. The lowest BCUT2D eigenvalue weighted by molar-refractivity contribution is 0.158. The van der Waals surface area contributed by atoms with Gasteiger partial charge in [0.05, 0.1) is 12.1 Å².